The fraction of sp³-hybridized carbons (Fsp3) is 0.286. The highest BCUT2D eigenvalue weighted by Gasteiger charge is 2.26. The Labute approximate surface area is 169 Å². The van der Waals surface area contributed by atoms with Gasteiger partial charge in [-0.3, -0.25) is 9.36 Å². The van der Waals surface area contributed by atoms with Crippen molar-refractivity contribution in [1.29, 1.82) is 0 Å². The first-order chi connectivity index (χ1) is 14.4. The summed E-state index contributed by atoms with van der Waals surface area (Å²) in [5.41, 5.74) is 1.32. The molecule has 0 unspecified atom stereocenters. The maximum atomic E-state index is 15.0. The van der Waals surface area contributed by atoms with Crippen molar-refractivity contribution in [2.75, 3.05) is 13.1 Å². The van der Waals surface area contributed by atoms with Crippen LogP contribution in [0.1, 0.15) is 18.2 Å². The van der Waals surface area contributed by atoms with Crippen molar-refractivity contribution in [3.63, 3.8) is 0 Å². The second-order valence-corrected chi connectivity index (χ2v) is 7.63. The molecule has 0 radical (unpaired) electrons. The number of fused-ring (bicyclic) bond motifs is 2. The third kappa shape index (κ3) is 2.98. The molecular weight excluding hydrogens is 392 g/mol. The molecule has 7 nitrogen and oxygen atoms in total. The van der Waals surface area contributed by atoms with Crippen LogP contribution < -0.4 is 10.9 Å². The molecule has 4 aromatic rings. The third-order valence-corrected chi connectivity index (χ3v) is 5.57. The first-order valence-corrected chi connectivity index (χ1v) is 9.67. The summed E-state index contributed by atoms with van der Waals surface area (Å²) in [6.45, 7) is 2.82. The van der Waals surface area contributed by atoms with Crippen LogP contribution in [0, 0.1) is 18.6 Å². The zero-order chi connectivity index (χ0) is 21.0. The number of halogens is 2. The van der Waals surface area contributed by atoms with Gasteiger partial charge in [-0.1, -0.05) is 0 Å². The molecule has 30 heavy (non-hydrogen) atoms. The Kier molecular flexibility index (Phi) is 4.37. The lowest BCUT2D eigenvalue weighted by molar-refractivity contribution is 0.0823. The Morgan fingerprint density at radius 2 is 1.97 bits per heavy atom. The quantitative estimate of drug-likeness (QED) is 0.528. The monoisotopic (exact) mass is 411 g/mol. The topological polar surface area (TPSA) is 84.5 Å². The van der Waals surface area contributed by atoms with Crippen LogP contribution in [0.25, 0.3) is 27.7 Å². The maximum Gasteiger partial charge on any atom is 0.264 e. The van der Waals surface area contributed by atoms with Crippen molar-refractivity contribution >= 4 is 16.6 Å². The molecule has 1 fully saturated rings. The first kappa shape index (κ1) is 18.8. The van der Waals surface area contributed by atoms with Gasteiger partial charge in [0, 0.05) is 24.5 Å². The summed E-state index contributed by atoms with van der Waals surface area (Å²) in [7, 11) is 0. The van der Waals surface area contributed by atoms with Crippen molar-refractivity contribution in [3.8, 4) is 11.1 Å². The largest absolute Gasteiger partial charge is 0.391 e. The van der Waals surface area contributed by atoms with E-state index in [1.807, 2.05) is 0 Å². The Balaban J connectivity index is 1.64. The van der Waals surface area contributed by atoms with E-state index >= 15 is 4.39 Å². The number of nitrogens with one attached hydrogen (secondary N) is 1. The number of imidazole rings is 1. The van der Waals surface area contributed by atoms with Crippen LogP contribution in [-0.2, 0) is 0 Å². The van der Waals surface area contributed by atoms with E-state index in [9.17, 15) is 14.3 Å². The number of benzene rings is 1. The molecule has 154 valence electrons. The van der Waals surface area contributed by atoms with Crippen LogP contribution in [0.4, 0.5) is 8.78 Å². The fourth-order valence-electron chi connectivity index (χ4n) is 4.06. The highest BCUT2D eigenvalue weighted by molar-refractivity contribution is 5.84. The van der Waals surface area contributed by atoms with Gasteiger partial charge in [0.25, 0.3) is 5.56 Å². The number of rotatable bonds is 2. The number of aryl methyl sites for hydroxylation is 1. The van der Waals surface area contributed by atoms with E-state index in [1.54, 1.807) is 29.8 Å². The van der Waals surface area contributed by atoms with Crippen LogP contribution >= 0.6 is 0 Å². The normalized spacial score (nSPS) is 19.6. The summed E-state index contributed by atoms with van der Waals surface area (Å²) in [4.78, 5) is 21.3. The molecule has 0 saturated carbocycles. The van der Waals surface area contributed by atoms with Crippen molar-refractivity contribution in [2.24, 2.45) is 0 Å². The average Bonchev–Trinajstić information content (AvgIpc) is 3.09. The summed E-state index contributed by atoms with van der Waals surface area (Å²) in [6.07, 6.45) is 4.46. The lowest BCUT2D eigenvalue weighted by atomic mass is 10.0. The molecule has 0 amide bonds. The van der Waals surface area contributed by atoms with Crippen LogP contribution in [0.3, 0.4) is 0 Å². The van der Waals surface area contributed by atoms with Gasteiger partial charge in [-0.05, 0) is 43.7 Å². The molecule has 3 aromatic heterocycles. The minimum atomic E-state index is -0.741. The molecular formula is C21H19F2N5O2. The number of hydrogen-bond acceptors (Lipinski definition) is 5. The molecule has 0 spiro atoms. The average molecular weight is 411 g/mol. The lowest BCUT2D eigenvalue weighted by Gasteiger charge is -2.29. The summed E-state index contributed by atoms with van der Waals surface area (Å²) in [5, 5.41) is 13.2. The van der Waals surface area contributed by atoms with Crippen LogP contribution in [0.2, 0.25) is 0 Å². The van der Waals surface area contributed by atoms with Crippen molar-refractivity contribution in [2.45, 2.75) is 25.5 Å². The summed E-state index contributed by atoms with van der Waals surface area (Å²) >= 11 is 0. The number of aliphatic hydroxyl groups excluding tert-OH is 1. The van der Waals surface area contributed by atoms with Crippen LogP contribution in [0.15, 0.2) is 41.7 Å². The van der Waals surface area contributed by atoms with E-state index in [0.29, 0.717) is 36.3 Å². The molecule has 0 aliphatic carbocycles. The van der Waals surface area contributed by atoms with E-state index in [1.165, 1.54) is 23.0 Å². The molecule has 1 saturated heterocycles. The number of nitrogens with zero attached hydrogens (tertiary/aromatic N) is 4. The zero-order valence-corrected chi connectivity index (χ0v) is 16.1. The Morgan fingerprint density at radius 1 is 1.17 bits per heavy atom. The van der Waals surface area contributed by atoms with Crippen LogP contribution in [0.5, 0.6) is 0 Å². The second kappa shape index (κ2) is 6.96. The Hall–Kier alpha value is -3.17. The van der Waals surface area contributed by atoms with E-state index in [2.05, 4.69) is 15.3 Å². The fourth-order valence-corrected chi connectivity index (χ4v) is 4.06. The summed E-state index contributed by atoms with van der Waals surface area (Å²) in [6, 6.07) is 3.54. The molecule has 4 heterocycles. The molecule has 1 aromatic carbocycles. The van der Waals surface area contributed by atoms with E-state index in [-0.39, 0.29) is 16.6 Å². The minimum absolute atomic E-state index is 0.154. The van der Waals surface area contributed by atoms with Gasteiger partial charge in [0.05, 0.1) is 29.7 Å². The summed E-state index contributed by atoms with van der Waals surface area (Å²) < 4.78 is 32.3. The molecule has 9 heteroatoms. The van der Waals surface area contributed by atoms with Crippen molar-refractivity contribution < 1.29 is 13.9 Å². The molecule has 2 N–H and O–H groups in total. The van der Waals surface area contributed by atoms with Gasteiger partial charge in [0.15, 0.2) is 11.5 Å². The van der Waals surface area contributed by atoms with E-state index in [4.69, 9.17) is 0 Å². The first-order valence-electron chi connectivity index (χ1n) is 9.67. The number of piperidine rings is 1. The number of hydrogen-bond donors (Lipinski definition) is 2. The van der Waals surface area contributed by atoms with Gasteiger partial charge in [-0.25, -0.2) is 18.7 Å². The smallest absolute Gasteiger partial charge is 0.264 e. The molecule has 1 aliphatic heterocycles. The van der Waals surface area contributed by atoms with Gasteiger partial charge in [-0.2, -0.15) is 0 Å². The predicted octanol–water partition coefficient (Wildman–Crippen LogP) is 2.19. The molecule has 5 rings (SSSR count). The van der Waals surface area contributed by atoms with Gasteiger partial charge in [-0.15, -0.1) is 0 Å². The SMILES string of the molecule is Cc1cn2cc(-c3cc(F)c4c(=O)n([C@@H]5CNCC[C@H]5O)cnc4c3)cc(F)c2n1. The second-order valence-electron chi connectivity index (χ2n) is 7.63. The lowest BCUT2D eigenvalue weighted by Crippen LogP contribution is -2.44. The van der Waals surface area contributed by atoms with Gasteiger partial charge < -0.3 is 14.8 Å². The summed E-state index contributed by atoms with van der Waals surface area (Å²) in [5.74, 6) is -1.27. The molecule has 0 bridgehead atoms. The van der Waals surface area contributed by atoms with Crippen LogP contribution in [-0.4, -0.2) is 43.2 Å². The molecule has 1 aliphatic rings. The standard InChI is InChI=1S/C21H19F2N5O2/c1-11-8-27-9-13(5-15(23)20(27)26-11)12-4-14(22)19-16(6-12)25-10-28(21(19)30)17-7-24-3-2-18(17)29/h4-6,8-10,17-18,24,29H,2-3,7H2,1H3/t17-,18-/m1/s1. The van der Waals surface area contributed by atoms with E-state index in [0.717, 1.165) is 0 Å². The zero-order valence-electron chi connectivity index (χ0n) is 16.1. The minimum Gasteiger partial charge on any atom is -0.391 e. The molecule has 2 atom stereocenters. The predicted molar refractivity (Wildman–Crippen MR) is 107 cm³/mol. The number of aromatic nitrogens is 4. The Bertz CT molecular complexity index is 1350. The third-order valence-electron chi connectivity index (χ3n) is 5.57. The van der Waals surface area contributed by atoms with Crippen molar-refractivity contribution in [1.82, 2.24) is 24.3 Å². The highest BCUT2D eigenvalue weighted by Crippen LogP contribution is 2.27. The number of aliphatic hydroxyl groups is 1. The van der Waals surface area contributed by atoms with Crippen molar-refractivity contribution in [3.05, 3.63) is 64.6 Å². The van der Waals surface area contributed by atoms with Gasteiger partial charge in [0.2, 0.25) is 0 Å². The van der Waals surface area contributed by atoms with Gasteiger partial charge in [0.1, 0.15) is 11.2 Å². The van der Waals surface area contributed by atoms with Gasteiger partial charge >= 0.3 is 0 Å². The number of pyridine rings is 1. The maximum absolute atomic E-state index is 15.0. The highest BCUT2D eigenvalue weighted by atomic mass is 19.1. The van der Waals surface area contributed by atoms with E-state index < -0.39 is 29.3 Å². The Morgan fingerprint density at radius 3 is 2.77 bits per heavy atom.